The van der Waals surface area contributed by atoms with Crippen LogP contribution in [0.15, 0.2) is 12.1 Å². The molecule has 0 bridgehead atoms. The van der Waals surface area contributed by atoms with E-state index in [0.717, 1.165) is 0 Å². The minimum Gasteiger partial charge on any atom is -0.318 e. The Morgan fingerprint density at radius 2 is 2.32 bits per heavy atom. The van der Waals surface area contributed by atoms with Crippen molar-refractivity contribution in [3.05, 3.63) is 27.8 Å². The molecule has 2 rings (SSSR count). The van der Waals surface area contributed by atoms with Crippen LogP contribution in [0.3, 0.4) is 0 Å². The van der Waals surface area contributed by atoms with Gasteiger partial charge >= 0.3 is 11.2 Å². The Morgan fingerprint density at radius 3 is 2.91 bits per heavy atom. The van der Waals surface area contributed by atoms with E-state index in [2.05, 4.69) is 15.6 Å². The Labute approximate surface area is 129 Å². The number of anilines is 1. The number of aromatic nitrogens is 1. The molecule has 0 aliphatic heterocycles. The smallest absolute Gasteiger partial charge is 0.318 e. The first-order valence-electron chi connectivity index (χ1n) is 6.55. The van der Waals surface area contributed by atoms with Gasteiger partial charge in [0.25, 0.3) is 5.69 Å². The molecule has 0 fully saturated rings. The molecule has 22 heavy (non-hydrogen) atoms. The number of hydrogen-bond acceptors (Lipinski definition) is 5. The molecule has 3 N–H and O–H groups in total. The number of nitro benzene ring substituents is 1. The van der Waals surface area contributed by atoms with Crippen LogP contribution >= 0.6 is 11.3 Å². The van der Waals surface area contributed by atoms with Crippen molar-refractivity contribution in [1.82, 2.24) is 5.32 Å². The van der Waals surface area contributed by atoms with Gasteiger partial charge in [-0.1, -0.05) is 0 Å². The van der Waals surface area contributed by atoms with Crippen LogP contribution in [-0.4, -0.2) is 17.5 Å². The van der Waals surface area contributed by atoms with Crippen LogP contribution in [-0.2, 0) is 0 Å². The number of nitro groups is 1. The molecule has 114 valence electrons. The molecule has 2 aromatic rings. The van der Waals surface area contributed by atoms with Crippen molar-refractivity contribution in [2.24, 2.45) is 0 Å². The lowest BCUT2D eigenvalue weighted by molar-refractivity contribution is -0.385. The van der Waals surface area contributed by atoms with E-state index in [1.165, 1.54) is 17.4 Å². The molecule has 0 spiro atoms. The van der Waals surface area contributed by atoms with Gasteiger partial charge in [-0.3, -0.25) is 10.1 Å². The molecule has 0 saturated carbocycles. The highest BCUT2D eigenvalue weighted by Crippen LogP contribution is 2.36. The van der Waals surface area contributed by atoms with E-state index in [0.29, 0.717) is 27.5 Å². The number of carbonyl (C=O) groups excluding carboxylic acids is 1. The Morgan fingerprint density at radius 1 is 1.59 bits per heavy atom. The number of benzene rings is 1. The molecule has 2 amide bonds. The summed E-state index contributed by atoms with van der Waals surface area (Å²) in [7, 11) is 0. The lowest BCUT2D eigenvalue weighted by Crippen LogP contribution is -2.29. The molecule has 0 aliphatic rings. The third-order valence-corrected chi connectivity index (χ3v) is 4.07. The van der Waals surface area contributed by atoms with Crippen molar-refractivity contribution in [1.29, 1.82) is 5.26 Å². The number of hydrogen-bond donors (Lipinski definition) is 2. The number of thiazole rings is 1. The van der Waals surface area contributed by atoms with E-state index in [1.807, 2.05) is 6.07 Å². The summed E-state index contributed by atoms with van der Waals surface area (Å²) in [6.45, 7) is 3.89. The molecule has 1 heterocycles. The highest BCUT2D eigenvalue weighted by molar-refractivity contribution is 7.22. The highest BCUT2D eigenvalue weighted by Gasteiger charge is 2.26. The summed E-state index contributed by atoms with van der Waals surface area (Å²) < 4.78 is 0.593. The van der Waals surface area contributed by atoms with Crippen LogP contribution in [0.25, 0.3) is 10.2 Å². The summed E-state index contributed by atoms with van der Waals surface area (Å²) in [5.41, 5.74) is 0.899. The van der Waals surface area contributed by atoms with Gasteiger partial charge in [-0.25, -0.2) is 9.78 Å². The van der Waals surface area contributed by atoms with Gasteiger partial charge in [0.1, 0.15) is 5.52 Å². The lowest BCUT2D eigenvalue weighted by atomic mass is 10.0. The average molecular weight is 320 g/mol. The van der Waals surface area contributed by atoms with Crippen LogP contribution in [0.1, 0.15) is 25.3 Å². The van der Waals surface area contributed by atoms with E-state index in [1.54, 1.807) is 19.9 Å². The van der Waals surface area contributed by atoms with E-state index in [-0.39, 0.29) is 11.7 Å². The number of rotatable bonds is 4. The monoisotopic (exact) mass is 320 g/mol. The number of nitrogens with one attached hydrogen (secondary N) is 3. The first-order valence-corrected chi connectivity index (χ1v) is 7.37. The van der Waals surface area contributed by atoms with Gasteiger partial charge < -0.3 is 5.32 Å². The molecule has 0 aliphatic carbocycles. The second kappa shape index (κ2) is 6.36. The maximum atomic E-state index is 11.5. The van der Waals surface area contributed by atoms with Gasteiger partial charge in [0.15, 0.2) is 0 Å². The van der Waals surface area contributed by atoms with E-state index in [4.69, 9.17) is 5.26 Å². The minimum absolute atomic E-state index is 0.0960. The summed E-state index contributed by atoms with van der Waals surface area (Å²) in [6.07, 6.45) is 0. The number of urea groups is 1. The molecule has 0 radical (unpaired) electrons. The second-order valence-corrected chi connectivity index (χ2v) is 5.54. The number of aromatic amines is 1. The summed E-state index contributed by atoms with van der Waals surface area (Å²) in [5.74, 6) is -0.631. The van der Waals surface area contributed by atoms with Gasteiger partial charge in [0, 0.05) is 12.6 Å². The molecule has 9 heteroatoms. The maximum absolute atomic E-state index is 11.5. The molecule has 1 aromatic carbocycles. The predicted molar refractivity (Wildman–Crippen MR) is 81.8 cm³/mol. The van der Waals surface area contributed by atoms with E-state index in [9.17, 15) is 14.9 Å². The van der Waals surface area contributed by atoms with E-state index >= 15 is 0 Å². The van der Waals surface area contributed by atoms with Crippen LogP contribution in [0, 0.1) is 21.4 Å². The number of fused-ring (bicyclic) bond motifs is 1. The zero-order valence-electron chi connectivity index (χ0n) is 12.0. The van der Waals surface area contributed by atoms with Crippen molar-refractivity contribution in [2.75, 3.05) is 11.9 Å². The summed E-state index contributed by atoms with van der Waals surface area (Å²) in [4.78, 5) is 25.2. The Hall–Kier alpha value is -2.73. The first-order chi connectivity index (χ1) is 10.5. The molecule has 1 unspecified atom stereocenters. The number of carbonyl (C=O) groups is 1. The average Bonchev–Trinajstić information content (AvgIpc) is 2.87. The Bertz CT molecular complexity index is 780. The fraction of sp³-hybridized carbons (Fsp3) is 0.308. The Kier molecular flexibility index (Phi) is 4.53. The fourth-order valence-electron chi connectivity index (χ4n) is 2.05. The quantitative estimate of drug-likeness (QED) is 0.663. The van der Waals surface area contributed by atoms with Gasteiger partial charge in [-0.05, 0) is 31.3 Å². The predicted octanol–water partition coefficient (Wildman–Crippen LogP) is 2.39. The zero-order valence-corrected chi connectivity index (χ0v) is 12.8. The fourth-order valence-corrected chi connectivity index (χ4v) is 3.18. The first kappa shape index (κ1) is 15.7. The molecular weight excluding hydrogens is 306 g/mol. The minimum atomic E-state index is -0.631. The van der Waals surface area contributed by atoms with Gasteiger partial charge in [0.2, 0.25) is 0 Å². The molecular formula is C13H14N5O3S+. The summed E-state index contributed by atoms with van der Waals surface area (Å²) in [6, 6.07) is 4.60. The molecule has 1 aromatic heterocycles. The van der Waals surface area contributed by atoms with Gasteiger partial charge in [-0.2, -0.15) is 10.6 Å². The van der Waals surface area contributed by atoms with E-state index < -0.39 is 10.8 Å². The number of amides is 2. The normalized spacial score (nSPS) is 11.7. The van der Waals surface area contributed by atoms with Crippen molar-refractivity contribution < 1.29 is 14.7 Å². The van der Waals surface area contributed by atoms with Crippen LogP contribution < -0.4 is 15.6 Å². The third-order valence-electron chi connectivity index (χ3n) is 3.01. The zero-order chi connectivity index (χ0) is 16.3. The summed E-state index contributed by atoms with van der Waals surface area (Å²) in [5, 5.41) is 26.0. The number of nitriles is 1. The van der Waals surface area contributed by atoms with Gasteiger partial charge in [0.05, 0.1) is 27.2 Å². The number of H-pyrrole nitrogens is 1. The molecule has 0 saturated heterocycles. The van der Waals surface area contributed by atoms with Crippen LogP contribution in [0.5, 0.6) is 0 Å². The van der Waals surface area contributed by atoms with Crippen LogP contribution in [0.2, 0.25) is 0 Å². The van der Waals surface area contributed by atoms with Crippen molar-refractivity contribution in [3.63, 3.8) is 0 Å². The summed E-state index contributed by atoms with van der Waals surface area (Å²) >= 11 is 1.17. The van der Waals surface area contributed by atoms with Gasteiger partial charge in [-0.15, -0.1) is 0 Å². The Balaban J connectivity index is 2.54. The van der Waals surface area contributed by atoms with Crippen molar-refractivity contribution in [2.45, 2.75) is 19.8 Å². The van der Waals surface area contributed by atoms with Crippen LogP contribution in [0.4, 0.5) is 15.6 Å². The standard InChI is InChI=1S/C13H13N5O3S/c1-3-15-12(19)17-13-16-8-4-5-9(18(20)21)10(7(2)6-14)11(8)22-13/h4-5,7H,3H2,1-2H3,(H2,15,16,17,19)/p+1. The third kappa shape index (κ3) is 2.96. The maximum Gasteiger partial charge on any atom is 0.407 e. The van der Waals surface area contributed by atoms with Crippen molar-refractivity contribution >= 4 is 38.4 Å². The second-order valence-electron chi connectivity index (χ2n) is 4.52. The largest absolute Gasteiger partial charge is 0.407 e. The lowest BCUT2D eigenvalue weighted by Gasteiger charge is -2.04. The number of nitrogens with zero attached hydrogens (tertiary/aromatic N) is 2. The highest BCUT2D eigenvalue weighted by atomic mass is 32.1. The topological polar surface area (TPSA) is 122 Å². The SMILES string of the molecule is CCNC(=O)Nc1[nH+]c2ccc([N+](=O)[O-])c(C(C)C#N)c2s1. The molecule has 1 atom stereocenters. The molecule has 8 nitrogen and oxygen atoms in total. The van der Waals surface area contributed by atoms with Crippen molar-refractivity contribution in [3.8, 4) is 6.07 Å².